The smallest absolute Gasteiger partial charge is 0.323 e. The lowest BCUT2D eigenvalue weighted by molar-refractivity contribution is 0.242. The van der Waals surface area contributed by atoms with Gasteiger partial charge in [-0.25, -0.2) is 4.79 Å². The molecule has 0 unspecified atom stereocenters. The third kappa shape index (κ3) is 5.81. The summed E-state index contributed by atoms with van der Waals surface area (Å²) in [5.74, 6) is 0.745. The second kappa shape index (κ2) is 10.6. The van der Waals surface area contributed by atoms with Gasteiger partial charge in [0.25, 0.3) is 0 Å². The van der Waals surface area contributed by atoms with Gasteiger partial charge in [-0.2, -0.15) is 0 Å². The Hall–Kier alpha value is -2.81. The first-order valence-electron chi connectivity index (χ1n) is 11.1. The highest BCUT2D eigenvalue weighted by Crippen LogP contribution is 2.32. The minimum absolute atomic E-state index is 0.0752. The Labute approximate surface area is 212 Å². The summed E-state index contributed by atoms with van der Waals surface area (Å²) in [6, 6.07) is 14.6. The molecule has 2 heterocycles. The highest BCUT2D eigenvalue weighted by Gasteiger charge is 2.18. The molecule has 4 rings (SSSR count). The van der Waals surface area contributed by atoms with E-state index in [0.717, 1.165) is 46.3 Å². The maximum atomic E-state index is 12.4. The lowest BCUT2D eigenvalue weighted by Crippen LogP contribution is -2.31. The molecule has 0 saturated heterocycles. The summed E-state index contributed by atoms with van der Waals surface area (Å²) >= 11 is 5.26. The van der Waals surface area contributed by atoms with Crippen LogP contribution < -0.4 is 15.4 Å². The van der Waals surface area contributed by atoms with E-state index in [2.05, 4.69) is 39.3 Å². The van der Waals surface area contributed by atoms with Crippen LogP contribution in [0.15, 0.2) is 69.1 Å². The van der Waals surface area contributed by atoms with Gasteiger partial charge in [-0.1, -0.05) is 0 Å². The molecule has 0 atom stereocenters. The van der Waals surface area contributed by atoms with Crippen LogP contribution in [0, 0.1) is 0 Å². The van der Waals surface area contributed by atoms with E-state index in [9.17, 15) is 4.79 Å². The Kier molecular flexibility index (Phi) is 7.60. The number of carbonyl (C=O) groups excluding carboxylic acids is 1. The van der Waals surface area contributed by atoms with Gasteiger partial charge in [-0.3, -0.25) is 4.90 Å². The van der Waals surface area contributed by atoms with Gasteiger partial charge in [0.2, 0.25) is 0 Å². The van der Waals surface area contributed by atoms with Crippen LogP contribution in [0.2, 0.25) is 0 Å². The Morgan fingerprint density at radius 2 is 1.88 bits per heavy atom. The Morgan fingerprint density at radius 1 is 1.15 bits per heavy atom. The first-order chi connectivity index (χ1) is 16.3. The molecule has 0 spiro atoms. The van der Waals surface area contributed by atoms with E-state index in [1.54, 1.807) is 17.6 Å². The van der Waals surface area contributed by atoms with Crippen molar-refractivity contribution in [1.29, 1.82) is 0 Å². The second-order valence-corrected chi connectivity index (χ2v) is 10.4. The van der Waals surface area contributed by atoms with E-state index in [4.69, 9.17) is 14.9 Å². The molecular formula is C26H28BrN3O3S. The summed E-state index contributed by atoms with van der Waals surface area (Å²) in [7, 11) is 2.11. The van der Waals surface area contributed by atoms with E-state index in [-0.39, 0.29) is 6.10 Å². The highest BCUT2D eigenvalue weighted by molar-refractivity contribution is 9.10. The molecule has 6 nitrogen and oxygen atoms in total. The summed E-state index contributed by atoms with van der Waals surface area (Å²) in [6.07, 6.45) is 2.71. The summed E-state index contributed by atoms with van der Waals surface area (Å²) in [6.45, 7) is 5.72. The van der Waals surface area contributed by atoms with Crippen molar-refractivity contribution in [3.05, 3.63) is 75.1 Å². The van der Waals surface area contributed by atoms with E-state index >= 15 is 0 Å². The third-order valence-electron chi connectivity index (χ3n) is 5.39. The number of hydrogen-bond donors (Lipinski definition) is 1. The number of fused-ring (bicyclic) bond motifs is 1. The van der Waals surface area contributed by atoms with Crippen LogP contribution in [-0.2, 0) is 13.0 Å². The minimum atomic E-state index is -0.552. The van der Waals surface area contributed by atoms with Crippen molar-refractivity contribution in [3.63, 3.8) is 0 Å². The topological polar surface area (TPSA) is 71.9 Å². The summed E-state index contributed by atoms with van der Waals surface area (Å²) in [5, 5.41) is 3.08. The maximum Gasteiger partial charge on any atom is 0.323 e. The Morgan fingerprint density at radius 3 is 2.53 bits per heavy atom. The molecule has 0 aliphatic carbocycles. The number of benzene rings is 2. The number of anilines is 2. The van der Waals surface area contributed by atoms with E-state index in [1.807, 2.05) is 56.3 Å². The first-order valence-corrected chi connectivity index (χ1v) is 12.8. The van der Waals surface area contributed by atoms with Gasteiger partial charge in [0.15, 0.2) is 0 Å². The Bertz CT molecular complexity index is 1270. The van der Waals surface area contributed by atoms with Gasteiger partial charge in [-0.05, 0) is 97.3 Å². The van der Waals surface area contributed by atoms with Crippen molar-refractivity contribution in [3.8, 4) is 5.75 Å². The lowest BCUT2D eigenvalue weighted by atomic mass is 10.1. The fourth-order valence-electron chi connectivity index (χ4n) is 3.85. The molecule has 34 heavy (non-hydrogen) atoms. The predicted molar refractivity (Wildman–Crippen MR) is 142 cm³/mol. The van der Waals surface area contributed by atoms with Gasteiger partial charge < -0.3 is 19.8 Å². The average Bonchev–Trinajstić information content (AvgIpc) is 3.38. The van der Waals surface area contributed by atoms with Crippen molar-refractivity contribution in [1.82, 2.24) is 4.90 Å². The number of furan rings is 1. The molecule has 2 aromatic heterocycles. The number of likely N-dealkylation sites (N-methyl/N-ethyl adjacent to an activating group) is 1. The van der Waals surface area contributed by atoms with Crippen LogP contribution >= 0.6 is 27.3 Å². The molecule has 2 N–H and O–H groups in total. The molecule has 0 saturated carbocycles. The predicted octanol–water partition coefficient (Wildman–Crippen LogP) is 6.94. The first kappa shape index (κ1) is 24.3. The molecule has 0 bridgehead atoms. The summed E-state index contributed by atoms with van der Waals surface area (Å²) in [4.78, 5) is 17.5. The number of nitrogens with two attached hydrogens (primary N) is 1. The van der Waals surface area contributed by atoms with Crippen molar-refractivity contribution in [2.24, 2.45) is 5.73 Å². The zero-order chi connectivity index (χ0) is 24.2. The van der Waals surface area contributed by atoms with E-state index in [0.29, 0.717) is 11.4 Å². The van der Waals surface area contributed by atoms with Crippen molar-refractivity contribution >= 4 is 55.6 Å². The van der Waals surface area contributed by atoms with Gasteiger partial charge in [0, 0.05) is 33.2 Å². The monoisotopic (exact) mass is 541 g/mol. The van der Waals surface area contributed by atoms with Crippen molar-refractivity contribution < 1.29 is 13.9 Å². The zero-order valence-electron chi connectivity index (χ0n) is 19.5. The second-order valence-electron chi connectivity index (χ2n) is 8.49. The summed E-state index contributed by atoms with van der Waals surface area (Å²) < 4.78 is 12.6. The SMILES string of the molecule is CC(C)Oc1ccc(N(C(N)=O)c2ccc3occ(CCN(C)Cc4cc(Br)cs4)c3c2)cc1. The number of rotatable bonds is 9. The molecule has 178 valence electrons. The molecule has 8 heteroatoms. The van der Waals surface area contributed by atoms with Crippen LogP contribution in [0.25, 0.3) is 11.0 Å². The van der Waals surface area contributed by atoms with E-state index in [1.165, 1.54) is 9.78 Å². The number of nitrogens with zero attached hydrogens (tertiary/aromatic N) is 2. The fraction of sp³-hybridized carbons (Fsp3) is 0.269. The number of thiophene rings is 1. The lowest BCUT2D eigenvalue weighted by Gasteiger charge is -2.21. The summed E-state index contributed by atoms with van der Waals surface area (Å²) in [5.41, 5.74) is 9.03. The average molecular weight is 542 g/mol. The van der Waals surface area contributed by atoms with Gasteiger partial charge in [0.05, 0.1) is 23.7 Å². The molecule has 0 radical (unpaired) electrons. The molecule has 0 aliphatic heterocycles. The highest BCUT2D eigenvalue weighted by atomic mass is 79.9. The van der Waals surface area contributed by atoms with Crippen molar-refractivity contribution in [2.45, 2.75) is 32.9 Å². The van der Waals surface area contributed by atoms with Crippen LogP contribution in [0.3, 0.4) is 0 Å². The number of primary amides is 1. The Balaban J connectivity index is 1.53. The van der Waals surface area contributed by atoms with Crippen LogP contribution in [-0.4, -0.2) is 30.6 Å². The number of carbonyl (C=O) groups is 1. The molecule has 0 fully saturated rings. The third-order valence-corrected chi connectivity index (χ3v) is 7.08. The number of halogens is 1. The zero-order valence-corrected chi connectivity index (χ0v) is 21.9. The molecule has 2 amide bonds. The molecule has 2 aromatic carbocycles. The van der Waals surface area contributed by atoms with Crippen LogP contribution in [0.5, 0.6) is 5.75 Å². The molecule has 4 aromatic rings. The largest absolute Gasteiger partial charge is 0.491 e. The van der Waals surface area contributed by atoms with Crippen LogP contribution in [0.1, 0.15) is 24.3 Å². The fourth-order valence-corrected chi connectivity index (χ4v) is 5.38. The number of hydrogen-bond acceptors (Lipinski definition) is 5. The standard InChI is InChI=1S/C26H28BrN3O3S/c1-17(2)33-22-7-4-20(5-8-22)30(26(28)31)21-6-9-25-24(13-21)18(15-32-25)10-11-29(3)14-23-12-19(27)16-34-23/h4-9,12-13,15-17H,10-11,14H2,1-3H3,(H2,28,31). The normalized spacial score (nSPS) is 11.5. The quantitative estimate of drug-likeness (QED) is 0.249. The molecular weight excluding hydrogens is 514 g/mol. The van der Waals surface area contributed by atoms with Gasteiger partial charge >= 0.3 is 6.03 Å². The number of urea groups is 1. The van der Waals surface area contributed by atoms with E-state index < -0.39 is 6.03 Å². The minimum Gasteiger partial charge on any atom is -0.491 e. The van der Waals surface area contributed by atoms with Crippen LogP contribution in [0.4, 0.5) is 16.2 Å². The van der Waals surface area contributed by atoms with Gasteiger partial charge in [-0.15, -0.1) is 11.3 Å². The maximum absolute atomic E-state index is 12.4. The van der Waals surface area contributed by atoms with Crippen molar-refractivity contribution in [2.75, 3.05) is 18.5 Å². The number of amides is 2. The van der Waals surface area contributed by atoms with Gasteiger partial charge in [0.1, 0.15) is 11.3 Å². The number of ether oxygens (including phenoxy) is 1. The molecule has 0 aliphatic rings.